The molecule has 2 heterocycles. The van der Waals surface area contributed by atoms with Crippen molar-refractivity contribution in [3.8, 4) is 0 Å². The van der Waals surface area contributed by atoms with E-state index in [1.54, 1.807) is 0 Å². The maximum absolute atomic E-state index is 13.2. The van der Waals surface area contributed by atoms with Gasteiger partial charge < -0.3 is 5.32 Å². The maximum atomic E-state index is 13.2. The predicted octanol–water partition coefficient (Wildman–Crippen LogP) is 1.32. The third kappa shape index (κ3) is 1.77. The quantitative estimate of drug-likeness (QED) is 0.640. The Morgan fingerprint density at radius 1 is 1.29 bits per heavy atom. The predicted molar refractivity (Wildman–Crippen MR) is 51.6 cm³/mol. The lowest BCUT2D eigenvalue weighted by molar-refractivity contribution is 0.00579. The van der Waals surface area contributed by atoms with E-state index in [9.17, 15) is 8.78 Å². The van der Waals surface area contributed by atoms with Gasteiger partial charge in [-0.2, -0.15) is 0 Å². The van der Waals surface area contributed by atoms with Crippen LogP contribution < -0.4 is 5.32 Å². The average molecular weight is 204 g/mol. The monoisotopic (exact) mass is 204 g/mol. The Morgan fingerprint density at radius 2 is 2.00 bits per heavy atom. The smallest absolute Gasteiger partial charge is 0.262 e. The number of hydrogen-bond acceptors (Lipinski definition) is 2. The summed E-state index contributed by atoms with van der Waals surface area (Å²) in [6, 6.07) is 0.299. The number of halogens is 2. The van der Waals surface area contributed by atoms with E-state index in [1.807, 2.05) is 4.90 Å². The summed E-state index contributed by atoms with van der Waals surface area (Å²) in [5, 5.41) is 3.26. The Hall–Kier alpha value is -0.220. The van der Waals surface area contributed by atoms with Crippen LogP contribution in [0.1, 0.15) is 20.3 Å². The minimum absolute atomic E-state index is 0.0249. The summed E-state index contributed by atoms with van der Waals surface area (Å²) in [4.78, 5) is 1.98. The largest absolute Gasteiger partial charge is 0.315 e. The fourth-order valence-corrected chi connectivity index (χ4v) is 2.56. The molecule has 4 heteroatoms. The zero-order valence-electron chi connectivity index (χ0n) is 8.76. The van der Waals surface area contributed by atoms with Crippen molar-refractivity contribution in [2.24, 2.45) is 5.92 Å². The second-order valence-corrected chi connectivity index (χ2v) is 4.76. The van der Waals surface area contributed by atoms with E-state index in [0.29, 0.717) is 12.5 Å². The molecule has 0 bridgehead atoms. The van der Waals surface area contributed by atoms with Crippen molar-refractivity contribution in [2.45, 2.75) is 38.3 Å². The molecule has 0 radical (unpaired) electrons. The molecule has 3 atom stereocenters. The first-order chi connectivity index (χ1) is 6.49. The van der Waals surface area contributed by atoms with Crippen LogP contribution >= 0.6 is 0 Å². The van der Waals surface area contributed by atoms with Crippen LogP contribution in [0.3, 0.4) is 0 Å². The van der Waals surface area contributed by atoms with Crippen LogP contribution in [0.5, 0.6) is 0 Å². The Balaban J connectivity index is 2.13. The van der Waals surface area contributed by atoms with E-state index in [-0.39, 0.29) is 25.0 Å². The van der Waals surface area contributed by atoms with Crippen molar-refractivity contribution in [2.75, 3.05) is 19.6 Å². The van der Waals surface area contributed by atoms with Crippen molar-refractivity contribution < 1.29 is 8.78 Å². The summed E-state index contributed by atoms with van der Waals surface area (Å²) >= 11 is 0. The highest BCUT2D eigenvalue weighted by Gasteiger charge is 2.47. The second-order valence-electron chi connectivity index (χ2n) is 4.76. The molecule has 0 aromatic rings. The van der Waals surface area contributed by atoms with E-state index in [2.05, 4.69) is 19.2 Å². The van der Waals surface area contributed by atoms with Gasteiger partial charge in [0, 0.05) is 25.0 Å². The maximum Gasteiger partial charge on any atom is 0.262 e. The molecular weight excluding hydrogens is 186 g/mol. The highest BCUT2D eigenvalue weighted by Crippen LogP contribution is 2.35. The Bertz CT molecular complexity index is 220. The van der Waals surface area contributed by atoms with Gasteiger partial charge in [-0.05, 0) is 19.4 Å². The van der Waals surface area contributed by atoms with Crippen molar-refractivity contribution in [3.05, 3.63) is 0 Å². The molecule has 2 aliphatic rings. The third-order valence-electron chi connectivity index (χ3n) is 3.61. The number of alkyl halides is 2. The standard InChI is InChI=1S/C10H18F2N2/c1-7-4-13-5-9-3-10(11,12)6-14(9)8(7)2/h7-9,13H,3-6H2,1-2H3/t7-,8-,9?/m1/s1. The summed E-state index contributed by atoms with van der Waals surface area (Å²) in [5.41, 5.74) is 0. The Labute approximate surface area is 83.7 Å². The van der Waals surface area contributed by atoms with Crippen LogP contribution in [0.2, 0.25) is 0 Å². The highest BCUT2D eigenvalue weighted by atomic mass is 19.3. The first-order valence-electron chi connectivity index (χ1n) is 5.34. The van der Waals surface area contributed by atoms with Crippen LogP contribution in [-0.4, -0.2) is 42.5 Å². The topological polar surface area (TPSA) is 15.3 Å². The first kappa shape index (κ1) is 10.3. The average Bonchev–Trinajstić information content (AvgIpc) is 2.33. The van der Waals surface area contributed by atoms with E-state index >= 15 is 0 Å². The number of nitrogens with one attached hydrogen (secondary N) is 1. The first-order valence-corrected chi connectivity index (χ1v) is 5.34. The number of hydrogen-bond donors (Lipinski definition) is 1. The molecule has 0 spiro atoms. The molecule has 0 aromatic heterocycles. The summed E-state index contributed by atoms with van der Waals surface area (Å²) in [6.07, 6.45) is 0.0249. The van der Waals surface area contributed by atoms with Gasteiger partial charge in [0.15, 0.2) is 0 Å². The van der Waals surface area contributed by atoms with E-state index in [4.69, 9.17) is 0 Å². The van der Waals surface area contributed by atoms with Gasteiger partial charge in [0.2, 0.25) is 0 Å². The summed E-state index contributed by atoms with van der Waals surface area (Å²) in [7, 11) is 0. The molecule has 2 nitrogen and oxygen atoms in total. The van der Waals surface area contributed by atoms with Crippen LogP contribution in [0, 0.1) is 5.92 Å². The van der Waals surface area contributed by atoms with Gasteiger partial charge in [0.25, 0.3) is 5.92 Å². The molecular formula is C10H18F2N2. The number of fused-ring (bicyclic) bond motifs is 1. The van der Waals surface area contributed by atoms with Gasteiger partial charge in [0.05, 0.1) is 6.54 Å². The Kier molecular flexibility index (Phi) is 2.52. The van der Waals surface area contributed by atoms with Crippen molar-refractivity contribution in [3.63, 3.8) is 0 Å². The lowest BCUT2D eigenvalue weighted by atomic mass is 10.0. The van der Waals surface area contributed by atoms with Crippen molar-refractivity contribution >= 4 is 0 Å². The normalized spacial score (nSPS) is 43.3. The third-order valence-corrected chi connectivity index (χ3v) is 3.61. The summed E-state index contributed by atoms with van der Waals surface area (Å²) in [5.74, 6) is -2.02. The number of nitrogens with zero attached hydrogens (tertiary/aromatic N) is 1. The van der Waals surface area contributed by atoms with Gasteiger partial charge in [-0.3, -0.25) is 4.90 Å². The number of rotatable bonds is 0. The van der Waals surface area contributed by atoms with Gasteiger partial charge in [0.1, 0.15) is 0 Å². The summed E-state index contributed by atoms with van der Waals surface area (Å²) in [6.45, 7) is 5.79. The van der Waals surface area contributed by atoms with Crippen LogP contribution in [-0.2, 0) is 0 Å². The van der Waals surface area contributed by atoms with Crippen LogP contribution in [0.25, 0.3) is 0 Å². The molecule has 1 N–H and O–H groups in total. The fourth-order valence-electron chi connectivity index (χ4n) is 2.56. The van der Waals surface area contributed by atoms with E-state index < -0.39 is 5.92 Å². The zero-order valence-corrected chi connectivity index (χ0v) is 8.76. The molecule has 0 saturated carbocycles. The van der Waals surface area contributed by atoms with Crippen LogP contribution in [0.15, 0.2) is 0 Å². The molecule has 2 saturated heterocycles. The van der Waals surface area contributed by atoms with E-state index in [0.717, 1.165) is 6.54 Å². The SMILES string of the molecule is C[C@@H]1CNCC2CC(F)(F)CN2[C@@H]1C. The molecule has 2 aliphatic heterocycles. The minimum Gasteiger partial charge on any atom is -0.315 e. The van der Waals surface area contributed by atoms with Gasteiger partial charge in [-0.25, -0.2) is 8.78 Å². The van der Waals surface area contributed by atoms with Gasteiger partial charge in [-0.15, -0.1) is 0 Å². The molecule has 2 rings (SSSR count). The van der Waals surface area contributed by atoms with Gasteiger partial charge >= 0.3 is 0 Å². The van der Waals surface area contributed by atoms with Crippen molar-refractivity contribution in [1.29, 1.82) is 0 Å². The van der Waals surface area contributed by atoms with Crippen molar-refractivity contribution in [1.82, 2.24) is 10.2 Å². The lowest BCUT2D eigenvalue weighted by Gasteiger charge is -2.30. The highest BCUT2D eigenvalue weighted by molar-refractivity contribution is 4.96. The molecule has 0 aliphatic carbocycles. The molecule has 14 heavy (non-hydrogen) atoms. The van der Waals surface area contributed by atoms with E-state index in [1.165, 1.54) is 0 Å². The lowest BCUT2D eigenvalue weighted by Crippen LogP contribution is -2.41. The molecule has 0 aromatic carbocycles. The molecule has 2 fully saturated rings. The molecule has 0 amide bonds. The van der Waals surface area contributed by atoms with Crippen LogP contribution in [0.4, 0.5) is 8.78 Å². The molecule has 1 unspecified atom stereocenters. The minimum atomic E-state index is -2.47. The van der Waals surface area contributed by atoms with Gasteiger partial charge in [-0.1, -0.05) is 6.92 Å². The Morgan fingerprint density at radius 3 is 2.71 bits per heavy atom. The second kappa shape index (κ2) is 3.42. The summed E-state index contributed by atoms with van der Waals surface area (Å²) < 4.78 is 26.4. The molecule has 82 valence electrons. The fraction of sp³-hybridized carbons (Fsp3) is 1.00. The zero-order chi connectivity index (χ0) is 10.3.